The van der Waals surface area contributed by atoms with Crippen LogP contribution in [-0.2, 0) is 6.54 Å². The summed E-state index contributed by atoms with van der Waals surface area (Å²) in [4.78, 5) is 20.1. The monoisotopic (exact) mass is 439 g/mol. The van der Waals surface area contributed by atoms with Gasteiger partial charge in [-0.2, -0.15) is 0 Å². The van der Waals surface area contributed by atoms with Crippen LogP contribution in [0, 0.1) is 5.92 Å². The molecule has 0 spiro atoms. The Hall–Kier alpha value is -2.57. The van der Waals surface area contributed by atoms with Crippen molar-refractivity contribution >= 4 is 5.91 Å². The van der Waals surface area contributed by atoms with E-state index in [-0.39, 0.29) is 5.91 Å². The van der Waals surface area contributed by atoms with E-state index in [1.807, 2.05) is 55.4 Å². The first-order chi connectivity index (χ1) is 15.5. The number of piperidine rings is 1. The lowest BCUT2D eigenvalue weighted by molar-refractivity contribution is 0.0657. The predicted molar refractivity (Wildman–Crippen MR) is 128 cm³/mol. The molecule has 174 valence electrons. The summed E-state index contributed by atoms with van der Waals surface area (Å²) in [5.74, 6) is 2.06. The minimum absolute atomic E-state index is 0.0474. The zero-order valence-corrected chi connectivity index (χ0v) is 19.9. The second-order valence-corrected chi connectivity index (χ2v) is 8.81. The maximum Gasteiger partial charge on any atom is 0.257 e. The lowest BCUT2D eigenvalue weighted by Crippen LogP contribution is -2.44. The fourth-order valence-corrected chi connectivity index (χ4v) is 4.42. The highest BCUT2D eigenvalue weighted by atomic mass is 16.5. The molecule has 0 saturated carbocycles. The van der Waals surface area contributed by atoms with E-state index in [1.54, 1.807) is 14.2 Å². The molecule has 32 heavy (non-hydrogen) atoms. The van der Waals surface area contributed by atoms with Gasteiger partial charge in [0.25, 0.3) is 5.91 Å². The summed E-state index contributed by atoms with van der Waals surface area (Å²) >= 11 is 0. The summed E-state index contributed by atoms with van der Waals surface area (Å²) in [5.41, 5.74) is 1.85. The Morgan fingerprint density at radius 3 is 2.41 bits per heavy atom. The van der Waals surface area contributed by atoms with Gasteiger partial charge in [0.15, 0.2) is 0 Å². The van der Waals surface area contributed by atoms with E-state index >= 15 is 0 Å². The number of ether oxygens (including phenoxy) is 2. The number of hydrogen-bond donors (Lipinski definition) is 0. The Bertz CT molecular complexity index is 871. The number of amides is 1. The van der Waals surface area contributed by atoms with Crippen LogP contribution < -0.4 is 9.47 Å². The minimum atomic E-state index is 0.0474. The maximum absolute atomic E-state index is 13.5. The average Bonchev–Trinajstić information content (AvgIpc) is 2.81. The molecule has 6 nitrogen and oxygen atoms in total. The highest BCUT2D eigenvalue weighted by molar-refractivity contribution is 5.97. The van der Waals surface area contributed by atoms with Crippen molar-refractivity contribution in [2.75, 3.05) is 61.0 Å². The van der Waals surface area contributed by atoms with Crippen LogP contribution in [0.25, 0.3) is 0 Å². The number of hydrogen-bond acceptors (Lipinski definition) is 5. The molecule has 0 aromatic heterocycles. The van der Waals surface area contributed by atoms with Crippen LogP contribution >= 0.6 is 0 Å². The molecule has 1 heterocycles. The summed E-state index contributed by atoms with van der Waals surface area (Å²) in [6.45, 7) is 5.22. The molecule has 0 N–H and O–H groups in total. The Morgan fingerprint density at radius 1 is 1.00 bits per heavy atom. The highest BCUT2D eigenvalue weighted by Crippen LogP contribution is 2.25. The van der Waals surface area contributed by atoms with Crippen molar-refractivity contribution < 1.29 is 14.3 Å². The Labute approximate surface area is 192 Å². The highest BCUT2D eigenvalue weighted by Gasteiger charge is 2.26. The fourth-order valence-electron chi connectivity index (χ4n) is 4.42. The minimum Gasteiger partial charge on any atom is -0.496 e. The van der Waals surface area contributed by atoms with E-state index in [0.717, 1.165) is 51.3 Å². The van der Waals surface area contributed by atoms with Gasteiger partial charge in [0.1, 0.15) is 11.5 Å². The molecular formula is C26H37N3O3. The zero-order valence-electron chi connectivity index (χ0n) is 19.9. The van der Waals surface area contributed by atoms with Crippen molar-refractivity contribution in [2.24, 2.45) is 5.92 Å². The number of benzene rings is 2. The van der Waals surface area contributed by atoms with Gasteiger partial charge >= 0.3 is 0 Å². The van der Waals surface area contributed by atoms with E-state index < -0.39 is 0 Å². The first-order valence-corrected chi connectivity index (χ1v) is 11.4. The summed E-state index contributed by atoms with van der Waals surface area (Å²) in [6.07, 6.45) is 2.28. The SMILES string of the molecule is COc1ccccc1CN1CCC[C@@H](CN(CCN(C)C)C(=O)c2ccccc2OC)C1. The lowest BCUT2D eigenvalue weighted by Gasteiger charge is -2.36. The first kappa shape index (κ1) is 24.1. The van der Waals surface area contributed by atoms with Crippen LogP contribution in [0.15, 0.2) is 48.5 Å². The van der Waals surface area contributed by atoms with E-state index in [0.29, 0.717) is 23.8 Å². The number of nitrogens with zero attached hydrogens (tertiary/aromatic N) is 3. The summed E-state index contributed by atoms with van der Waals surface area (Å²) in [6, 6.07) is 15.7. The molecule has 0 unspecified atom stereocenters. The molecular weight excluding hydrogens is 402 g/mol. The third-order valence-electron chi connectivity index (χ3n) is 6.11. The fraction of sp³-hybridized carbons (Fsp3) is 0.500. The number of likely N-dealkylation sites (N-methyl/N-ethyl adjacent to an activating group) is 1. The van der Waals surface area contributed by atoms with Gasteiger partial charge in [-0.15, -0.1) is 0 Å². The molecule has 1 fully saturated rings. The normalized spacial score (nSPS) is 16.7. The summed E-state index contributed by atoms with van der Waals surface area (Å²) < 4.78 is 11.0. The Morgan fingerprint density at radius 2 is 1.69 bits per heavy atom. The molecule has 1 atom stereocenters. The van der Waals surface area contributed by atoms with Crippen LogP contribution in [0.2, 0.25) is 0 Å². The number of carbonyl (C=O) groups excluding carboxylic acids is 1. The van der Waals surface area contributed by atoms with Crippen molar-refractivity contribution in [1.29, 1.82) is 0 Å². The van der Waals surface area contributed by atoms with Gasteiger partial charge in [0.2, 0.25) is 0 Å². The molecule has 0 radical (unpaired) electrons. The first-order valence-electron chi connectivity index (χ1n) is 11.4. The molecule has 1 aliphatic rings. The van der Waals surface area contributed by atoms with Crippen LogP contribution in [0.4, 0.5) is 0 Å². The number of likely N-dealkylation sites (tertiary alicyclic amines) is 1. The second-order valence-electron chi connectivity index (χ2n) is 8.81. The largest absolute Gasteiger partial charge is 0.496 e. The summed E-state index contributed by atoms with van der Waals surface area (Å²) in [7, 11) is 7.43. The third kappa shape index (κ3) is 6.47. The van der Waals surface area contributed by atoms with Crippen molar-refractivity contribution in [1.82, 2.24) is 14.7 Å². The molecule has 2 aromatic rings. The van der Waals surface area contributed by atoms with Crippen LogP contribution in [-0.4, -0.2) is 81.6 Å². The molecule has 1 amide bonds. The summed E-state index contributed by atoms with van der Waals surface area (Å²) in [5, 5.41) is 0. The number of carbonyl (C=O) groups is 1. The molecule has 0 aliphatic carbocycles. The van der Waals surface area contributed by atoms with Gasteiger partial charge in [-0.25, -0.2) is 0 Å². The van der Waals surface area contributed by atoms with Gasteiger partial charge in [0.05, 0.1) is 19.8 Å². The van der Waals surface area contributed by atoms with Gasteiger partial charge in [-0.05, 0) is 57.6 Å². The molecule has 0 bridgehead atoms. The molecule has 1 aliphatic heterocycles. The standard InChI is InChI=1S/C26H37N3O3/c1-27(2)16-17-29(26(30)23-12-6-8-14-25(23)32-4)19-21-10-9-15-28(18-21)20-22-11-5-7-13-24(22)31-3/h5-8,11-14,21H,9-10,15-20H2,1-4H3/t21-/m1/s1. The van der Waals surface area contributed by atoms with Gasteiger partial charge in [0, 0.05) is 38.3 Å². The molecule has 1 saturated heterocycles. The van der Waals surface area contributed by atoms with E-state index in [1.165, 1.54) is 5.56 Å². The van der Waals surface area contributed by atoms with Crippen LogP contribution in [0.1, 0.15) is 28.8 Å². The quantitative estimate of drug-likeness (QED) is 0.566. The zero-order chi connectivity index (χ0) is 22.9. The Balaban J connectivity index is 1.70. The van der Waals surface area contributed by atoms with Gasteiger partial charge in [-0.3, -0.25) is 9.69 Å². The van der Waals surface area contributed by atoms with E-state index in [2.05, 4.69) is 21.9 Å². The van der Waals surface area contributed by atoms with Crippen molar-refractivity contribution in [3.05, 3.63) is 59.7 Å². The van der Waals surface area contributed by atoms with Crippen molar-refractivity contribution in [3.63, 3.8) is 0 Å². The molecule has 6 heteroatoms. The van der Waals surface area contributed by atoms with Crippen molar-refractivity contribution in [3.8, 4) is 11.5 Å². The Kier molecular flexibility index (Phi) is 8.94. The number of methoxy groups -OCH3 is 2. The lowest BCUT2D eigenvalue weighted by atomic mass is 9.96. The van der Waals surface area contributed by atoms with Crippen molar-refractivity contribution in [2.45, 2.75) is 19.4 Å². The third-order valence-corrected chi connectivity index (χ3v) is 6.11. The number of rotatable bonds is 10. The second kappa shape index (κ2) is 11.9. The molecule has 3 rings (SSSR count). The maximum atomic E-state index is 13.5. The van der Waals surface area contributed by atoms with Crippen LogP contribution in [0.3, 0.4) is 0 Å². The van der Waals surface area contributed by atoms with E-state index in [9.17, 15) is 4.79 Å². The van der Waals surface area contributed by atoms with E-state index in [4.69, 9.17) is 9.47 Å². The smallest absolute Gasteiger partial charge is 0.257 e. The topological polar surface area (TPSA) is 45.2 Å². The van der Waals surface area contributed by atoms with Gasteiger partial charge in [-0.1, -0.05) is 30.3 Å². The number of para-hydroxylation sites is 2. The molecule has 2 aromatic carbocycles. The average molecular weight is 440 g/mol. The predicted octanol–water partition coefficient (Wildman–Crippen LogP) is 3.62. The van der Waals surface area contributed by atoms with Gasteiger partial charge < -0.3 is 19.3 Å². The van der Waals surface area contributed by atoms with Crippen LogP contribution in [0.5, 0.6) is 11.5 Å².